The smallest absolute Gasteiger partial charge is 0.238 e. The second-order valence-corrected chi connectivity index (χ2v) is 15.2. The summed E-state index contributed by atoms with van der Waals surface area (Å²) in [6, 6.07) is 66.2. The quantitative estimate of drug-likeness (QED) is 0.180. The molecule has 59 heavy (non-hydrogen) atoms. The van der Waals surface area contributed by atoms with Gasteiger partial charge in [-0.25, -0.2) is 4.98 Å². The molecule has 0 aliphatic heterocycles. The van der Waals surface area contributed by atoms with Crippen molar-refractivity contribution >= 4 is 87.1 Å². The van der Waals surface area contributed by atoms with E-state index in [0.29, 0.717) is 17.6 Å². The third kappa shape index (κ3) is 4.77. The van der Waals surface area contributed by atoms with E-state index in [0.717, 1.165) is 82.4 Å². The zero-order valence-electron chi connectivity index (χ0n) is 31.5. The molecule has 9 aromatic carbocycles. The molecule has 0 unspecified atom stereocenters. The van der Waals surface area contributed by atoms with Crippen molar-refractivity contribution in [1.82, 2.24) is 24.1 Å². The van der Waals surface area contributed by atoms with Gasteiger partial charge in [0.15, 0.2) is 11.6 Å². The van der Waals surface area contributed by atoms with Crippen molar-refractivity contribution in [3.8, 4) is 34.4 Å². The number of furan rings is 1. The average Bonchev–Trinajstić information content (AvgIpc) is 3.95. The van der Waals surface area contributed by atoms with Crippen molar-refractivity contribution in [2.75, 3.05) is 0 Å². The Labute approximate surface area is 336 Å². The van der Waals surface area contributed by atoms with Crippen molar-refractivity contribution in [2.24, 2.45) is 0 Å². The fourth-order valence-corrected chi connectivity index (χ4v) is 9.26. The number of benzene rings is 9. The third-order valence-corrected chi connectivity index (χ3v) is 11.9. The van der Waals surface area contributed by atoms with Crippen LogP contribution >= 0.6 is 0 Å². The molecular weight excluding hydrogens is 723 g/mol. The van der Waals surface area contributed by atoms with Crippen molar-refractivity contribution in [3.63, 3.8) is 0 Å². The highest BCUT2D eigenvalue weighted by molar-refractivity contribution is 6.16. The maximum atomic E-state index is 6.74. The van der Waals surface area contributed by atoms with Crippen molar-refractivity contribution < 1.29 is 4.42 Å². The van der Waals surface area contributed by atoms with Gasteiger partial charge in [-0.05, 0) is 70.1 Å². The van der Waals surface area contributed by atoms with Gasteiger partial charge in [-0.2, -0.15) is 9.97 Å². The van der Waals surface area contributed by atoms with E-state index in [4.69, 9.17) is 19.4 Å². The third-order valence-electron chi connectivity index (χ3n) is 11.9. The Balaban J connectivity index is 1.15. The molecule has 0 aliphatic carbocycles. The van der Waals surface area contributed by atoms with Crippen LogP contribution in [0.25, 0.3) is 122 Å². The predicted octanol–water partition coefficient (Wildman–Crippen LogP) is 13.6. The first-order valence-corrected chi connectivity index (χ1v) is 19.9. The fourth-order valence-electron chi connectivity index (χ4n) is 9.26. The zero-order valence-corrected chi connectivity index (χ0v) is 31.5. The summed E-state index contributed by atoms with van der Waals surface area (Å²) >= 11 is 0. The van der Waals surface area contributed by atoms with Crippen LogP contribution in [0.1, 0.15) is 0 Å². The molecule has 0 atom stereocenters. The van der Waals surface area contributed by atoms with Crippen molar-refractivity contribution in [3.05, 3.63) is 188 Å². The first-order chi connectivity index (χ1) is 29.2. The number of rotatable bonds is 4. The highest BCUT2D eigenvalue weighted by Gasteiger charge is 2.23. The molecule has 274 valence electrons. The first-order valence-electron chi connectivity index (χ1n) is 19.9. The van der Waals surface area contributed by atoms with Crippen LogP contribution in [0.2, 0.25) is 0 Å². The summed E-state index contributed by atoms with van der Waals surface area (Å²) in [5, 5.41) is 11.3. The van der Waals surface area contributed by atoms with Gasteiger partial charge in [0, 0.05) is 49.5 Å². The Morgan fingerprint density at radius 3 is 1.64 bits per heavy atom. The van der Waals surface area contributed by atoms with Crippen LogP contribution < -0.4 is 0 Å². The topological polar surface area (TPSA) is 61.7 Å². The molecule has 13 aromatic rings. The lowest BCUT2D eigenvalue weighted by Gasteiger charge is -2.14. The number of fused-ring (bicyclic) bond motifs is 11. The lowest BCUT2D eigenvalue weighted by atomic mass is 10.0. The second-order valence-electron chi connectivity index (χ2n) is 15.2. The Morgan fingerprint density at radius 2 is 0.915 bits per heavy atom. The van der Waals surface area contributed by atoms with E-state index in [2.05, 4.69) is 185 Å². The van der Waals surface area contributed by atoms with Crippen molar-refractivity contribution in [1.29, 1.82) is 0 Å². The van der Waals surface area contributed by atoms with E-state index in [1.165, 1.54) is 21.5 Å². The van der Waals surface area contributed by atoms with Crippen LogP contribution in [0, 0.1) is 0 Å². The SMILES string of the molecule is c1ccc2cc(-c3nc(-c4cc(-n5c6ccccc6c6cc7ccccc7cc65)cc5oc6ccccc6c45)nc(-n4c5ccccc5c5ccccc54)n3)ccc2c1. The van der Waals surface area contributed by atoms with Gasteiger partial charge in [0.25, 0.3) is 0 Å². The summed E-state index contributed by atoms with van der Waals surface area (Å²) in [7, 11) is 0. The molecule has 0 fully saturated rings. The molecule has 6 nitrogen and oxygen atoms in total. The van der Waals surface area contributed by atoms with Crippen LogP contribution in [0.5, 0.6) is 0 Å². The van der Waals surface area contributed by atoms with Gasteiger partial charge in [-0.15, -0.1) is 0 Å². The van der Waals surface area contributed by atoms with Crippen LogP contribution in [-0.2, 0) is 0 Å². The van der Waals surface area contributed by atoms with Crippen LogP contribution in [-0.4, -0.2) is 24.1 Å². The highest BCUT2D eigenvalue weighted by atomic mass is 16.3. The van der Waals surface area contributed by atoms with Crippen LogP contribution in [0.15, 0.2) is 192 Å². The normalized spacial score (nSPS) is 12.1. The number of hydrogen-bond acceptors (Lipinski definition) is 4. The minimum Gasteiger partial charge on any atom is -0.456 e. The zero-order chi connectivity index (χ0) is 38.6. The summed E-state index contributed by atoms with van der Waals surface area (Å²) in [5.41, 5.74) is 8.58. The molecule has 0 bridgehead atoms. The summed E-state index contributed by atoms with van der Waals surface area (Å²) in [6.07, 6.45) is 0. The molecule has 4 aromatic heterocycles. The molecular formula is C53H31N5O. The van der Waals surface area contributed by atoms with Crippen molar-refractivity contribution in [2.45, 2.75) is 0 Å². The molecule has 6 heteroatoms. The van der Waals surface area contributed by atoms with Gasteiger partial charge in [0.05, 0.1) is 27.8 Å². The van der Waals surface area contributed by atoms with Gasteiger partial charge in [0.1, 0.15) is 11.2 Å². The van der Waals surface area contributed by atoms with E-state index < -0.39 is 0 Å². The summed E-state index contributed by atoms with van der Waals surface area (Å²) in [6.45, 7) is 0. The number of hydrogen-bond donors (Lipinski definition) is 0. The minimum absolute atomic E-state index is 0.547. The van der Waals surface area contributed by atoms with E-state index in [1.54, 1.807) is 0 Å². The van der Waals surface area contributed by atoms with E-state index in [9.17, 15) is 0 Å². The second kappa shape index (κ2) is 12.2. The van der Waals surface area contributed by atoms with Gasteiger partial charge in [-0.1, -0.05) is 133 Å². The van der Waals surface area contributed by atoms with Gasteiger partial charge in [-0.3, -0.25) is 4.57 Å². The maximum Gasteiger partial charge on any atom is 0.238 e. The Morgan fingerprint density at radius 1 is 0.356 bits per heavy atom. The Bertz CT molecular complexity index is 3820. The van der Waals surface area contributed by atoms with Gasteiger partial charge in [0.2, 0.25) is 5.95 Å². The van der Waals surface area contributed by atoms with Crippen LogP contribution in [0.3, 0.4) is 0 Å². The molecule has 0 saturated heterocycles. The molecule has 4 heterocycles. The van der Waals surface area contributed by atoms with Gasteiger partial charge >= 0.3 is 0 Å². The lowest BCUT2D eigenvalue weighted by molar-refractivity contribution is 0.668. The number of para-hydroxylation sites is 4. The largest absolute Gasteiger partial charge is 0.456 e. The van der Waals surface area contributed by atoms with Gasteiger partial charge < -0.3 is 8.98 Å². The predicted molar refractivity (Wildman–Crippen MR) is 242 cm³/mol. The molecule has 0 radical (unpaired) electrons. The summed E-state index contributed by atoms with van der Waals surface area (Å²) in [5.74, 6) is 1.70. The molecule has 0 N–H and O–H groups in total. The van der Waals surface area contributed by atoms with Crippen LogP contribution in [0.4, 0.5) is 0 Å². The Kier molecular flexibility index (Phi) is 6.63. The summed E-state index contributed by atoms with van der Waals surface area (Å²) < 4.78 is 11.3. The number of nitrogens with zero attached hydrogens (tertiary/aromatic N) is 5. The summed E-state index contributed by atoms with van der Waals surface area (Å²) in [4.78, 5) is 16.1. The monoisotopic (exact) mass is 753 g/mol. The average molecular weight is 754 g/mol. The molecule has 13 rings (SSSR count). The Hall–Kier alpha value is -8.09. The highest BCUT2D eigenvalue weighted by Crippen LogP contribution is 2.42. The minimum atomic E-state index is 0.547. The molecule has 0 saturated carbocycles. The fraction of sp³-hybridized carbons (Fsp3) is 0. The lowest BCUT2D eigenvalue weighted by Crippen LogP contribution is -2.07. The maximum absolute atomic E-state index is 6.74. The molecule has 0 spiro atoms. The van der Waals surface area contributed by atoms with E-state index in [1.807, 2.05) is 12.1 Å². The van der Waals surface area contributed by atoms with E-state index in [-0.39, 0.29) is 0 Å². The number of aromatic nitrogens is 5. The molecule has 0 aliphatic rings. The molecule has 0 amide bonds. The first kappa shape index (κ1) is 32.0. The standard InChI is InChI=1S/C53H31N5O/c1-2-14-33-27-36(26-25-32(33)13-1)51-54-52(56-53(55-51)58-45-22-10-5-17-38(45)39-18-6-11-23-46(39)58)43-30-37(31-49-50(43)41-20-8-12-24-48(41)59-49)57-44-21-9-7-19-40(44)42-28-34-15-3-4-16-35(34)29-47(42)57/h1-31H. The van der Waals surface area contributed by atoms with E-state index >= 15 is 0 Å².